The van der Waals surface area contributed by atoms with Gasteiger partial charge < -0.3 is 28.7 Å². The first-order valence-corrected chi connectivity index (χ1v) is 10.5. The molecule has 1 fully saturated rings. The van der Waals surface area contributed by atoms with Gasteiger partial charge in [0.05, 0.1) is 34.9 Å². The molecule has 1 aliphatic heterocycles. The van der Waals surface area contributed by atoms with E-state index in [2.05, 4.69) is 0 Å². The van der Waals surface area contributed by atoms with Gasteiger partial charge in [-0.3, -0.25) is 9.59 Å². The topological polar surface area (TPSA) is 77.5 Å². The zero-order valence-corrected chi connectivity index (χ0v) is 19.1. The number of carbonyl (C=O) groups is 2. The number of hydrogen-bond donors (Lipinski definition) is 0. The Labute approximate surface area is 188 Å². The van der Waals surface area contributed by atoms with Crippen molar-refractivity contribution < 1.29 is 28.5 Å². The van der Waals surface area contributed by atoms with Crippen LogP contribution in [0.2, 0.25) is 0 Å². The molecule has 3 rings (SSSR count). The lowest BCUT2D eigenvalue weighted by molar-refractivity contribution is -0.130. The molecule has 0 N–H and O–H groups in total. The molecule has 1 saturated heterocycles. The normalized spacial score (nSPS) is 13.9. The molecule has 2 aromatic carbocycles. The van der Waals surface area contributed by atoms with E-state index in [1.54, 1.807) is 57.6 Å². The van der Waals surface area contributed by atoms with E-state index in [1.165, 1.54) is 0 Å². The maximum Gasteiger partial charge on any atom is 0.254 e. The van der Waals surface area contributed by atoms with Gasteiger partial charge in [0.25, 0.3) is 5.91 Å². The van der Waals surface area contributed by atoms with Crippen LogP contribution < -0.4 is 18.9 Å². The maximum atomic E-state index is 13.1. The van der Waals surface area contributed by atoms with Gasteiger partial charge in [-0.2, -0.15) is 0 Å². The van der Waals surface area contributed by atoms with Gasteiger partial charge in [0, 0.05) is 37.8 Å². The smallest absolute Gasteiger partial charge is 0.254 e. The number of benzene rings is 2. The molecule has 1 heterocycles. The number of hydrogen-bond acceptors (Lipinski definition) is 6. The third-order valence-corrected chi connectivity index (χ3v) is 5.54. The van der Waals surface area contributed by atoms with Crippen molar-refractivity contribution in [2.24, 2.45) is 0 Å². The monoisotopic (exact) mass is 442 g/mol. The Morgan fingerprint density at radius 3 is 2.00 bits per heavy atom. The summed E-state index contributed by atoms with van der Waals surface area (Å²) in [6.45, 7) is 2.14. The van der Waals surface area contributed by atoms with Crippen LogP contribution in [0.15, 0.2) is 36.4 Å². The molecule has 0 aromatic heterocycles. The molecule has 8 nitrogen and oxygen atoms in total. The third-order valence-electron chi connectivity index (χ3n) is 5.54. The third kappa shape index (κ3) is 5.43. The lowest BCUT2D eigenvalue weighted by Gasteiger charge is -2.23. The highest BCUT2D eigenvalue weighted by Gasteiger charge is 2.24. The Morgan fingerprint density at radius 1 is 0.750 bits per heavy atom. The first kappa shape index (κ1) is 23.2. The van der Waals surface area contributed by atoms with Crippen LogP contribution in [-0.2, 0) is 11.2 Å². The fourth-order valence-corrected chi connectivity index (χ4v) is 3.76. The number of methoxy groups -OCH3 is 4. The zero-order valence-electron chi connectivity index (χ0n) is 19.1. The van der Waals surface area contributed by atoms with Crippen LogP contribution in [0, 0.1) is 0 Å². The average molecular weight is 443 g/mol. The predicted octanol–water partition coefficient (Wildman–Crippen LogP) is 2.64. The molecule has 1 aliphatic rings. The summed E-state index contributed by atoms with van der Waals surface area (Å²) in [5.41, 5.74) is 1.36. The number of carbonyl (C=O) groups excluding carboxylic acids is 2. The van der Waals surface area contributed by atoms with Crippen LogP contribution in [0.4, 0.5) is 0 Å². The van der Waals surface area contributed by atoms with Crippen molar-refractivity contribution in [3.63, 3.8) is 0 Å². The van der Waals surface area contributed by atoms with Crippen LogP contribution in [0.25, 0.3) is 0 Å². The van der Waals surface area contributed by atoms with Gasteiger partial charge in [0.1, 0.15) is 11.5 Å². The van der Waals surface area contributed by atoms with Crippen LogP contribution >= 0.6 is 0 Å². The van der Waals surface area contributed by atoms with E-state index < -0.39 is 0 Å². The summed E-state index contributed by atoms with van der Waals surface area (Å²) < 4.78 is 21.1. The van der Waals surface area contributed by atoms with Gasteiger partial charge in [-0.05, 0) is 36.2 Å². The van der Waals surface area contributed by atoms with E-state index in [9.17, 15) is 9.59 Å². The molecule has 0 spiro atoms. The lowest BCUT2D eigenvalue weighted by Crippen LogP contribution is -2.38. The number of ether oxygens (including phenoxy) is 4. The SMILES string of the molecule is COc1cc(OC)cc(C(=O)N2CCCN(C(=O)Cc3ccc(OC)c(OC)c3)CC2)c1. The molecule has 2 amide bonds. The molecule has 8 heteroatoms. The Balaban J connectivity index is 1.64. The lowest BCUT2D eigenvalue weighted by atomic mass is 10.1. The minimum absolute atomic E-state index is 0.0227. The molecule has 0 atom stereocenters. The van der Waals surface area contributed by atoms with Crippen molar-refractivity contribution in [3.8, 4) is 23.0 Å². The first-order chi connectivity index (χ1) is 15.5. The fourth-order valence-electron chi connectivity index (χ4n) is 3.76. The molecule has 0 bridgehead atoms. The van der Waals surface area contributed by atoms with Gasteiger partial charge in [0.2, 0.25) is 5.91 Å². The quantitative estimate of drug-likeness (QED) is 0.656. The predicted molar refractivity (Wildman–Crippen MR) is 120 cm³/mol. The minimum Gasteiger partial charge on any atom is -0.497 e. The maximum absolute atomic E-state index is 13.1. The number of nitrogens with zero attached hydrogens (tertiary/aromatic N) is 2. The average Bonchev–Trinajstić information content (AvgIpc) is 3.09. The second-order valence-electron chi connectivity index (χ2n) is 7.49. The zero-order chi connectivity index (χ0) is 23.1. The summed E-state index contributed by atoms with van der Waals surface area (Å²) >= 11 is 0. The molecule has 0 radical (unpaired) electrons. The standard InChI is InChI=1S/C24H30N2O6/c1-29-19-14-18(15-20(16-19)30-2)24(28)26-9-5-8-25(10-11-26)23(27)13-17-6-7-21(31-3)22(12-17)32-4/h6-7,12,14-16H,5,8-11,13H2,1-4H3. The van der Waals surface area contributed by atoms with Crippen LogP contribution in [0.1, 0.15) is 22.3 Å². The van der Waals surface area contributed by atoms with Gasteiger partial charge in [0.15, 0.2) is 11.5 Å². The Morgan fingerprint density at radius 2 is 1.38 bits per heavy atom. The van der Waals surface area contributed by atoms with Gasteiger partial charge in [-0.25, -0.2) is 0 Å². The van der Waals surface area contributed by atoms with Gasteiger partial charge in [-0.1, -0.05) is 6.07 Å². The minimum atomic E-state index is -0.101. The van der Waals surface area contributed by atoms with Gasteiger partial charge in [-0.15, -0.1) is 0 Å². The molecular formula is C24H30N2O6. The molecule has 0 aliphatic carbocycles. The van der Waals surface area contributed by atoms with E-state index >= 15 is 0 Å². The highest BCUT2D eigenvalue weighted by atomic mass is 16.5. The highest BCUT2D eigenvalue weighted by molar-refractivity contribution is 5.95. The Hall–Kier alpha value is -3.42. The van der Waals surface area contributed by atoms with E-state index in [0.717, 1.165) is 5.56 Å². The summed E-state index contributed by atoms with van der Waals surface area (Å²) in [5.74, 6) is 2.27. The molecule has 2 aromatic rings. The molecule has 32 heavy (non-hydrogen) atoms. The van der Waals surface area contributed by atoms with E-state index in [1.807, 2.05) is 17.0 Å². The first-order valence-electron chi connectivity index (χ1n) is 10.5. The van der Waals surface area contributed by atoms with Gasteiger partial charge >= 0.3 is 0 Å². The largest absolute Gasteiger partial charge is 0.497 e. The number of amides is 2. The summed E-state index contributed by atoms with van der Waals surface area (Å²) in [4.78, 5) is 29.6. The van der Waals surface area contributed by atoms with Crippen molar-refractivity contribution >= 4 is 11.8 Å². The number of rotatable bonds is 7. The van der Waals surface area contributed by atoms with Crippen LogP contribution in [0.3, 0.4) is 0 Å². The Bertz CT molecular complexity index is 939. The second-order valence-corrected chi connectivity index (χ2v) is 7.49. The summed E-state index contributed by atoms with van der Waals surface area (Å²) in [6, 6.07) is 10.6. The molecular weight excluding hydrogens is 412 g/mol. The van der Waals surface area contributed by atoms with Crippen molar-refractivity contribution in [1.82, 2.24) is 9.80 Å². The van der Waals surface area contributed by atoms with E-state index in [4.69, 9.17) is 18.9 Å². The van der Waals surface area contributed by atoms with Crippen molar-refractivity contribution in [2.75, 3.05) is 54.6 Å². The molecule has 0 saturated carbocycles. The molecule has 0 unspecified atom stereocenters. The van der Waals surface area contributed by atoms with Crippen molar-refractivity contribution in [2.45, 2.75) is 12.8 Å². The second kappa shape index (κ2) is 10.7. The summed E-state index contributed by atoms with van der Waals surface area (Å²) in [6.07, 6.45) is 0.978. The van der Waals surface area contributed by atoms with Crippen molar-refractivity contribution in [1.29, 1.82) is 0 Å². The van der Waals surface area contributed by atoms with Crippen LogP contribution in [0.5, 0.6) is 23.0 Å². The Kier molecular flexibility index (Phi) is 7.81. The van der Waals surface area contributed by atoms with E-state index in [-0.39, 0.29) is 18.2 Å². The molecule has 172 valence electrons. The fraction of sp³-hybridized carbons (Fsp3) is 0.417. The summed E-state index contributed by atoms with van der Waals surface area (Å²) in [5, 5.41) is 0. The van der Waals surface area contributed by atoms with Crippen molar-refractivity contribution in [3.05, 3.63) is 47.5 Å². The van der Waals surface area contributed by atoms with E-state index in [0.29, 0.717) is 61.2 Å². The van der Waals surface area contributed by atoms with Crippen LogP contribution in [-0.4, -0.2) is 76.2 Å². The highest BCUT2D eigenvalue weighted by Crippen LogP contribution is 2.28. The summed E-state index contributed by atoms with van der Waals surface area (Å²) in [7, 11) is 6.25.